The van der Waals surface area contributed by atoms with Crippen LogP contribution >= 0.6 is 0 Å². The molecule has 0 aliphatic heterocycles. The van der Waals surface area contributed by atoms with Crippen LogP contribution in [0.5, 0.6) is 0 Å². The van der Waals surface area contributed by atoms with Crippen molar-refractivity contribution >= 4 is 11.8 Å². The smallest absolute Gasteiger partial charge is 0.243 e. The van der Waals surface area contributed by atoms with Crippen LogP contribution in [-0.4, -0.2) is 28.3 Å². The number of nitrogens with one attached hydrogen (secondary N) is 1. The third kappa shape index (κ3) is 8.86. The molecule has 0 fully saturated rings. The van der Waals surface area contributed by atoms with Crippen LogP contribution in [0.3, 0.4) is 0 Å². The van der Waals surface area contributed by atoms with E-state index in [9.17, 15) is 9.59 Å². The number of carbonyl (C=O) groups excluding carboxylic acids is 2. The third-order valence-electron chi connectivity index (χ3n) is 6.69. The molecular weight excluding hydrogens is 468 g/mol. The highest BCUT2D eigenvalue weighted by molar-refractivity contribution is 5.88. The minimum atomic E-state index is -0.617. The van der Waals surface area contributed by atoms with Crippen LogP contribution in [-0.2, 0) is 34.4 Å². The summed E-state index contributed by atoms with van der Waals surface area (Å²) in [5.41, 5.74) is 5.29. The summed E-state index contributed by atoms with van der Waals surface area (Å²) in [5.74, 6) is -0.146. The zero-order chi connectivity index (χ0) is 27.9. The monoisotopic (exact) mass is 512 g/mol. The standard InChI is InChI=1S/C34H44N2O2/c1-25-13-15-28(16-14-25)24-36(31(37)22-19-26-17-20-29(21-18-26)33(2,3)4)30(32(38)35-34(5,6)7)23-27-11-9-8-10-12-27/h8-18,20-21,30H,19,22-24H2,1-7H3,(H,35,38)/t30-/m0/s1. The number of hydrogen-bond acceptors (Lipinski definition) is 2. The molecule has 0 heterocycles. The lowest BCUT2D eigenvalue weighted by Crippen LogP contribution is -2.54. The van der Waals surface area contributed by atoms with E-state index in [-0.39, 0.29) is 17.2 Å². The third-order valence-corrected chi connectivity index (χ3v) is 6.69. The van der Waals surface area contributed by atoms with E-state index in [0.29, 0.717) is 25.8 Å². The predicted molar refractivity (Wildman–Crippen MR) is 157 cm³/mol. The summed E-state index contributed by atoms with van der Waals surface area (Å²) < 4.78 is 0. The van der Waals surface area contributed by atoms with E-state index in [1.165, 1.54) is 5.56 Å². The van der Waals surface area contributed by atoms with Crippen LogP contribution in [0.15, 0.2) is 78.9 Å². The molecule has 3 aromatic carbocycles. The molecule has 0 saturated heterocycles. The number of hydrogen-bond donors (Lipinski definition) is 1. The minimum absolute atomic E-state index is 0.0181. The summed E-state index contributed by atoms with van der Waals surface area (Å²) >= 11 is 0. The topological polar surface area (TPSA) is 49.4 Å². The molecule has 1 N–H and O–H groups in total. The Morgan fingerprint density at radius 1 is 0.763 bits per heavy atom. The highest BCUT2D eigenvalue weighted by atomic mass is 16.2. The first-order valence-electron chi connectivity index (χ1n) is 13.6. The minimum Gasteiger partial charge on any atom is -0.350 e. The quantitative estimate of drug-likeness (QED) is 0.344. The maximum atomic E-state index is 13.9. The number of aryl methyl sites for hydroxylation is 2. The van der Waals surface area contributed by atoms with Gasteiger partial charge in [0.2, 0.25) is 11.8 Å². The Bertz CT molecular complexity index is 1180. The van der Waals surface area contributed by atoms with E-state index >= 15 is 0 Å². The first kappa shape index (κ1) is 29.2. The van der Waals surface area contributed by atoms with Gasteiger partial charge in [-0.2, -0.15) is 0 Å². The molecule has 202 valence electrons. The normalized spacial score (nSPS) is 12.6. The molecule has 38 heavy (non-hydrogen) atoms. The van der Waals surface area contributed by atoms with Crippen LogP contribution in [0.25, 0.3) is 0 Å². The Morgan fingerprint density at radius 3 is 1.89 bits per heavy atom. The fourth-order valence-electron chi connectivity index (χ4n) is 4.46. The highest BCUT2D eigenvalue weighted by Gasteiger charge is 2.32. The average molecular weight is 513 g/mol. The van der Waals surface area contributed by atoms with Crippen molar-refractivity contribution in [2.45, 2.75) is 91.3 Å². The zero-order valence-corrected chi connectivity index (χ0v) is 24.2. The molecule has 0 aliphatic rings. The van der Waals surface area contributed by atoms with Crippen LogP contribution in [0.2, 0.25) is 0 Å². The Kier molecular flexibility index (Phi) is 9.54. The van der Waals surface area contributed by atoms with Gasteiger partial charge in [0.05, 0.1) is 0 Å². The van der Waals surface area contributed by atoms with Gasteiger partial charge in [-0.15, -0.1) is 0 Å². The summed E-state index contributed by atoms with van der Waals surface area (Å²) in [4.78, 5) is 29.3. The molecule has 3 aromatic rings. The summed E-state index contributed by atoms with van der Waals surface area (Å²) in [6, 6.07) is 26.1. The van der Waals surface area contributed by atoms with Gasteiger partial charge in [0.15, 0.2) is 0 Å². The van der Waals surface area contributed by atoms with Gasteiger partial charge < -0.3 is 10.2 Å². The fourth-order valence-corrected chi connectivity index (χ4v) is 4.46. The molecule has 4 heteroatoms. The molecular formula is C34H44N2O2. The molecule has 2 amide bonds. The van der Waals surface area contributed by atoms with Gasteiger partial charge in [-0.05, 0) is 61.8 Å². The second-order valence-corrected chi connectivity index (χ2v) is 12.4. The Balaban J connectivity index is 1.89. The fraction of sp³-hybridized carbons (Fsp3) is 0.412. The van der Waals surface area contributed by atoms with Gasteiger partial charge in [-0.25, -0.2) is 0 Å². The number of rotatable bonds is 9. The molecule has 0 aliphatic carbocycles. The van der Waals surface area contributed by atoms with Crippen LogP contribution < -0.4 is 5.32 Å². The van der Waals surface area contributed by atoms with E-state index in [4.69, 9.17) is 0 Å². The lowest BCUT2D eigenvalue weighted by molar-refractivity contribution is -0.141. The molecule has 4 nitrogen and oxygen atoms in total. The van der Waals surface area contributed by atoms with E-state index in [0.717, 1.165) is 22.3 Å². The summed E-state index contributed by atoms with van der Waals surface area (Å²) in [6.45, 7) is 14.9. The molecule has 0 saturated carbocycles. The SMILES string of the molecule is Cc1ccc(CN(C(=O)CCc2ccc(C(C)(C)C)cc2)[C@@H](Cc2ccccc2)C(=O)NC(C)(C)C)cc1. The van der Waals surface area contributed by atoms with Crippen molar-refractivity contribution in [3.8, 4) is 0 Å². The van der Waals surface area contributed by atoms with Crippen LogP contribution in [0, 0.1) is 6.92 Å². The predicted octanol–water partition coefficient (Wildman–Crippen LogP) is 6.78. The largest absolute Gasteiger partial charge is 0.350 e. The zero-order valence-electron chi connectivity index (χ0n) is 24.2. The molecule has 0 spiro atoms. The molecule has 0 radical (unpaired) electrons. The first-order chi connectivity index (χ1) is 17.8. The molecule has 3 rings (SSSR count). The first-order valence-corrected chi connectivity index (χ1v) is 13.6. The second kappa shape index (κ2) is 12.4. The molecule has 0 unspecified atom stereocenters. The van der Waals surface area contributed by atoms with Gasteiger partial charge in [-0.1, -0.05) is 105 Å². The van der Waals surface area contributed by atoms with Crippen molar-refractivity contribution in [1.82, 2.24) is 10.2 Å². The van der Waals surface area contributed by atoms with Crippen molar-refractivity contribution in [2.75, 3.05) is 0 Å². The number of nitrogens with zero attached hydrogens (tertiary/aromatic N) is 1. The van der Waals surface area contributed by atoms with Crippen molar-refractivity contribution < 1.29 is 9.59 Å². The van der Waals surface area contributed by atoms with Crippen molar-refractivity contribution in [3.05, 3.63) is 107 Å². The Morgan fingerprint density at radius 2 is 1.34 bits per heavy atom. The highest BCUT2D eigenvalue weighted by Crippen LogP contribution is 2.23. The van der Waals surface area contributed by atoms with Crippen molar-refractivity contribution in [1.29, 1.82) is 0 Å². The molecule has 0 bridgehead atoms. The van der Waals surface area contributed by atoms with E-state index in [1.807, 2.05) is 70.2 Å². The summed E-state index contributed by atoms with van der Waals surface area (Å²) in [5, 5.41) is 3.13. The van der Waals surface area contributed by atoms with Gasteiger partial charge in [-0.3, -0.25) is 9.59 Å². The summed E-state index contributed by atoms with van der Waals surface area (Å²) in [7, 11) is 0. The number of carbonyl (C=O) groups is 2. The van der Waals surface area contributed by atoms with Gasteiger partial charge in [0.1, 0.15) is 6.04 Å². The maximum absolute atomic E-state index is 13.9. The van der Waals surface area contributed by atoms with Crippen molar-refractivity contribution in [3.63, 3.8) is 0 Å². The van der Waals surface area contributed by atoms with Crippen LogP contribution in [0.4, 0.5) is 0 Å². The van der Waals surface area contributed by atoms with E-state index in [1.54, 1.807) is 4.90 Å². The summed E-state index contributed by atoms with van der Waals surface area (Å²) in [6.07, 6.45) is 1.43. The Hall–Kier alpha value is -3.40. The number of benzene rings is 3. The van der Waals surface area contributed by atoms with E-state index < -0.39 is 11.6 Å². The van der Waals surface area contributed by atoms with Gasteiger partial charge >= 0.3 is 0 Å². The Labute approximate surface area is 229 Å². The maximum Gasteiger partial charge on any atom is 0.243 e. The van der Waals surface area contributed by atoms with Gasteiger partial charge in [0, 0.05) is 24.9 Å². The van der Waals surface area contributed by atoms with Gasteiger partial charge in [0.25, 0.3) is 0 Å². The average Bonchev–Trinajstić information content (AvgIpc) is 2.85. The second-order valence-electron chi connectivity index (χ2n) is 12.4. The molecule has 1 atom stereocenters. The molecule has 0 aromatic heterocycles. The van der Waals surface area contributed by atoms with Crippen molar-refractivity contribution in [2.24, 2.45) is 0 Å². The number of amides is 2. The lowest BCUT2D eigenvalue weighted by Gasteiger charge is -2.34. The van der Waals surface area contributed by atoms with E-state index in [2.05, 4.69) is 62.5 Å². The lowest BCUT2D eigenvalue weighted by atomic mass is 9.86. The van der Waals surface area contributed by atoms with Crippen LogP contribution in [0.1, 0.15) is 75.8 Å².